The molecule has 1 aliphatic carbocycles. The summed E-state index contributed by atoms with van der Waals surface area (Å²) in [6, 6.07) is 13.7. The fraction of sp³-hybridized carbons (Fsp3) is 0.385. The maximum atomic E-state index is 12.6. The molecule has 6 nitrogen and oxygen atoms in total. The number of hydrogen-bond acceptors (Lipinski definition) is 4. The average Bonchev–Trinajstić information content (AvgIpc) is 2.76. The van der Waals surface area contributed by atoms with E-state index in [2.05, 4.69) is 42.0 Å². The second-order valence-electron chi connectivity index (χ2n) is 10.3. The van der Waals surface area contributed by atoms with Gasteiger partial charge in [0.2, 0.25) is 0 Å². The summed E-state index contributed by atoms with van der Waals surface area (Å²) in [7, 11) is 0. The monoisotopic (exact) mass is 564 g/mol. The lowest BCUT2D eigenvalue weighted by atomic mass is 9.62. The van der Waals surface area contributed by atoms with E-state index >= 15 is 0 Å². The minimum Gasteiger partial charge on any atom is -0.362 e. The summed E-state index contributed by atoms with van der Waals surface area (Å²) in [6.07, 6.45) is 2.63. The molecular weight excluding hydrogens is 535 g/mol. The van der Waals surface area contributed by atoms with E-state index in [4.69, 9.17) is 47.6 Å². The summed E-state index contributed by atoms with van der Waals surface area (Å²) in [5.74, 6) is -0.705. The summed E-state index contributed by atoms with van der Waals surface area (Å²) in [5.41, 5.74) is 0.622. The van der Waals surface area contributed by atoms with Crippen LogP contribution in [-0.4, -0.2) is 34.6 Å². The summed E-state index contributed by atoms with van der Waals surface area (Å²) >= 11 is 23.0. The summed E-state index contributed by atoms with van der Waals surface area (Å²) < 4.78 is 0. The molecule has 3 rings (SSSR count). The van der Waals surface area contributed by atoms with Crippen LogP contribution >= 0.6 is 47.6 Å². The van der Waals surface area contributed by atoms with Crippen molar-refractivity contribution in [2.75, 3.05) is 6.54 Å². The van der Waals surface area contributed by atoms with Gasteiger partial charge in [0.05, 0.1) is 21.2 Å². The summed E-state index contributed by atoms with van der Waals surface area (Å²) in [4.78, 5) is 25.1. The number of benzene rings is 2. The van der Waals surface area contributed by atoms with Crippen molar-refractivity contribution in [3.63, 3.8) is 0 Å². The maximum absolute atomic E-state index is 12.6. The van der Waals surface area contributed by atoms with Gasteiger partial charge in [0.25, 0.3) is 11.8 Å². The fourth-order valence-electron chi connectivity index (χ4n) is 5.06. The van der Waals surface area contributed by atoms with Crippen LogP contribution in [0.1, 0.15) is 60.7 Å². The van der Waals surface area contributed by atoms with Gasteiger partial charge in [0, 0.05) is 12.6 Å². The van der Waals surface area contributed by atoms with Crippen molar-refractivity contribution in [3.8, 4) is 0 Å². The van der Waals surface area contributed by atoms with E-state index in [-0.39, 0.29) is 38.9 Å². The molecule has 0 aliphatic heterocycles. The number of amides is 2. The van der Waals surface area contributed by atoms with Crippen LogP contribution < -0.4 is 21.3 Å². The van der Waals surface area contributed by atoms with E-state index in [0.717, 1.165) is 19.3 Å². The Morgan fingerprint density at radius 3 is 1.89 bits per heavy atom. The molecular formula is C26H30Cl2N4O2S2. The molecule has 1 fully saturated rings. The van der Waals surface area contributed by atoms with E-state index < -0.39 is 0 Å². The van der Waals surface area contributed by atoms with Gasteiger partial charge in [0.1, 0.15) is 0 Å². The summed E-state index contributed by atoms with van der Waals surface area (Å²) in [6.45, 7) is 7.17. The number of nitrogens with one attached hydrogen (secondary N) is 4. The van der Waals surface area contributed by atoms with Gasteiger partial charge in [-0.2, -0.15) is 0 Å². The van der Waals surface area contributed by atoms with Gasteiger partial charge >= 0.3 is 0 Å². The molecule has 2 aromatic carbocycles. The first-order valence-corrected chi connectivity index (χ1v) is 13.1. The predicted molar refractivity (Wildman–Crippen MR) is 154 cm³/mol. The van der Waals surface area contributed by atoms with Gasteiger partial charge < -0.3 is 10.6 Å². The third kappa shape index (κ3) is 7.87. The quantitative estimate of drug-likeness (QED) is 0.359. The Morgan fingerprint density at radius 1 is 0.861 bits per heavy atom. The minimum atomic E-state index is -0.355. The first kappa shape index (κ1) is 28.3. The van der Waals surface area contributed by atoms with Crippen LogP contribution in [0.4, 0.5) is 0 Å². The lowest BCUT2D eigenvalue weighted by Gasteiger charge is -2.47. The molecule has 192 valence electrons. The van der Waals surface area contributed by atoms with Gasteiger partial charge in [0.15, 0.2) is 10.2 Å². The van der Waals surface area contributed by atoms with Crippen LogP contribution in [0.25, 0.3) is 0 Å². The third-order valence-corrected chi connectivity index (χ3v) is 7.27. The van der Waals surface area contributed by atoms with Gasteiger partial charge in [-0.1, -0.05) is 68.2 Å². The minimum absolute atomic E-state index is 0.0249. The normalized spacial score (nSPS) is 20.6. The zero-order chi connectivity index (χ0) is 26.5. The van der Waals surface area contributed by atoms with Gasteiger partial charge in [-0.05, 0) is 78.8 Å². The highest BCUT2D eigenvalue weighted by Gasteiger charge is 2.41. The highest BCUT2D eigenvalue weighted by Crippen LogP contribution is 2.45. The van der Waals surface area contributed by atoms with E-state index in [1.165, 1.54) is 0 Å². The van der Waals surface area contributed by atoms with E-state index in [1.807, 2.05) is 0 Å². The molecule has 0 aromatic heterocycles. The zero-order valence-electron chi connectivity index (χ0n) is 20.4. The predicted octanol–water partition coefficient (Wildman–Crippen LogP) is 5.49. The number of halogens is 2. The van der Waals surface area contributed by atoms with Gasteiger partial charge in [-0.3, -0.25) is 20.2 Å². The van der Waals surface area contributed by atoms with E-state index in [9.17, 15) is 9.59 Å². The number of carbonyl (C=O) groups excluding carboxylic acids is 2. The molecule has 0 spiro atoms. The second kappa shape index (κ2) is 11.9. The van der Waals surface area contributed by atoms with E-state index in [0.29, 0.717) is 27.7 Å². The van der Waals surface area contributed by atoms with Crippen molar-refractivity contribution in [3.05, 3.63) is 69.7 Å². The molecule has 10 heteroatoms. The van der Waals surface area contributed by atoms with Crippen molar-refractivity contribution in [2.24, 2.45) is 10.8 Å². The Balaban J connectivity index is 1.57. The standard InChI is InChI=1S/C26H30Cl2N4O2S2/c1-25(2)12-16(30-24(36)32-22(34)18-9-5-7-11-20(18)28)13-26(3,14-25)15-29-23(35)31-21(33)17-8-4-6-10-19(17)27/h4-11,16H,12-15H2,1-3H3,(H2,29,31,33,35)(H2,30,32,34,36)/t16-,26+/m1/s1. The first-order chi connectivity index (χ1) is 16.9. The second-order valence-corrected chi connectivity index (χ2v) is 11.9. The largest absolute Gasteiger partial charge is 0.362 e. The van der Waals surface area contributed by atoms with Gasteiger partial charge in [-0.25, -0.2) is 0 Å². The molecule has 0 bridgehead atoms. The first-order valence-electron chi connectivity index (χ1n) is 11.6. The SMILES string of the molecule is CC1(C)C[C@@H](NC(=S)NC(=O)c2ccccc2Cl)C[C@](C)(CNC(=S)NC(=O)c2ccccc2Cl)C1. The summed E-state index contributed by atoms with van der Waals surface area (Å²) in [5, 5.41) is 13.2. The molecule has 1 aliphatic rings. The van der Waals surface area contributed by atoms with Crippen LogP contribution in [-0.2, 0) is 0 Å². The van der Waals surface area contributed by atoms with Crippen molar-refractivity contribution in [2.45, 2.75) is 46.1 Å². The van der Waals surface area contributed by atoms with Crippen LogP contribution in [0.3, 0.4) is 0 Å². The molecule has 0 saturated heterocycles. The third-order valence-electron chi connectivity index (χ3n) is 6.15. The van der Waals surface area contributed by atoms with Crippen LogP contribution in [0.5, 0.6) is 0 Å². The number of carbonyl (C=O) groups is 2. The highest BCUT2D eigenvalue weighted by atomic mass is 35.5. The topological polar surface area (TPSA) is 82.3 Å². The molecule has 36 heavy (non-hydrogen) atoms. The van der Waals surface area contributed by atoms with E-state index in [1.54, 1.807) is 48.5 Å². The Labute approximate surface area is 232 Å². The number of thiocarbonyl (C=S) groups is 2. The number of rotatable bonds is 5. The Morgan fingerprint density at radius 2 is 1.36 bits per heavy atom. The van der Waals surface area contributed by atoms with Crippen molar-refractivity contribution >= 4 is 69.7 Å². The Bertz CT molecular complexity index is 1170. The maximum Gasteiger partial charge on any atom is 0.258 e. The molecule has 2 aromatic rings. The molecule has 1 saturated carbocycles. The molecule has 0 radical (unpaired) electrons. The highest BCUT2D eigenvalue weighted by molar-refractivity contribution is 7.80. The van der Waals surface area contributed by atoms with Gasteiger partial charge in [-0.15, -0.1) is 0 Å². The molecule has 0 heterocycles. The average molecular weight is 566 g/mol. The van der Waals surface area contributed by atoms with Crippen LogP contribution in [0.2, 0.25) is 10.0 Å². The molecule has 2 atom stereocenters. The van der Waals surface area contributed by atoms with Crippen molar-refractivity contribution in [1.29, 1.82) is 0 Å². The lowest BCUT2D eigenvalue weighted by Crippen LogP contribution is -2.53. The fourth-order valence-corrected chi connectivity index (χ4v) is 5.93. The number of hydrogen-bond donors (Lipinski definition) is 4. The zero-order valence-corrected chi connectivity index (χ0v) is 23.6. The molecule has 0 unspecified atom stereocenters. The van der Waals surface area contributed by atoms with Crippen LogP contribution in [0, 0.1) is 10.8 Å². The lowest BCUT2D eigenvalue weighted by molar-refractivity contribution is 0.0797. The molecule has 2 amide bonds. The Kier molecular flexibility index (Phi) is 9.33. The van der Waals surface area contributed by atoms with Crippen molar-refractivity contribution < 1.29 is 9.59 Å². The Hall–Kier alpha value is -2.26. The smallest absolute Gasteiger partial charge is 0.258 e. The molecule has 4 N–H and O–H groups in total. The van der Waals surface area contributed by atoms with Crippen molar-refractivity contribution in [1.82, 2.24) is 21.3 Å². The van der Waals surface area contributed by atoms with Crippen LogP contribution in [0.15, 0.2) is 48.5 Å².